The van der Waals surface area contributed by atoms with E-state index in [2.05, 4.69) is 27.2 Å². The van der Waals surface area contributed by atoms with Gasteiger partial charge in [-0.15, -0.1) is 0 Å². The molecule has 0 atom stereocenters. The van der Waals surface area contributed by atoms with Crippen LogP contribution in [0.15, 0.2) is 24.3 Å². The lowest BCUT2D eigenvalue weighted by Gasteiger charge is -2.34. The van der Waals surface area contributed by atoms with Gasteiger partial charge in [0, 0.05) is 38.8 Å². The first-order valence-corrected chi connectivity index (χ1v) is 7.99. The summed E-state index contributed by atoms with van der Waals surface area (Å²) >= 11 is 0. The van der Waals surface area contributed by atoms with Gasteiger partial charge in [0.25, 0.3) is 0 Å². The molecule has 22 heavy (non-hydrogen) atoms. The Balaban J connectivity index is 1.73. The van der Waals surface area contributed by atoms with Gasteiger partial charge < -0.3 is 10.4 Å². The highest BCUT2D eigenvalue weighted by molar-refractivity contribution is 5.78. The van der Waals surface area contributed by atoms with Crippen molar-refractivity contribution in [2.24, 2.45) is 0 Å². The Morgan fingerprint density at radius 1 is 1.09 bits per heavy atom. The number of hydrogen-bond acceptors (Lipinski definition) is 4. The van der Waals surface area contributed by atoms with Crippen molar-refractivity contribution in [2.75, 3.05) is 32.7 Å². The zero-order valence-corrected chi connectivity index (χ0v) is 13.6. The molecule has 0 spiro atoms. The van der Waals surface area contributed by atoms with Crippen molar-refractivity contribution in [2.45, 2.75) is 33.0 Å². The minimum atomic E-state index is 0.0946. The maximum atomic E-state index is 11.8. The number of aliphatic hydroxyl groups is 1. The van der Waals surface area contributed by atoms with Crippen molar-refractivity contribution in [3.8, 4) is 0 Å². The minimum absolute atomic E-state index is 0.0946. The van der Waals surface area contributed by atoms with Crippen molar-refractivity contribution >= 4 is 5.91 Å². The van der Waals surface area contributed by atoms with Crippen molar-refractivity contribution in [1.82, 2.24) is 15.1 Å². The fourth-order valence-electron chi connectivity index (χ4n) is 2.68. The summed E-state index contributed by atoms with van der Waals surface area (Å²) < 4.78 is 0. The van der Waals surface area contributed by atoms with Gasteiger partial charge >= 0.3 is 0 Å². The third kappa shape index (κ3) is 5.40. The van der Waals surface area contributed by atoms with Crippen LogP contribution in [0.2, 0.25) is 0 Å². The molecule has 0 saturated carbocycles. The fraction of sp³-hybridized carbons (Fsp3) is 0.588. The number of benzene rings is 1. The maximum Gasteiger partial charge on any atom is 0.234 e. The van der Waals surface area contributed by atoms with E-state index in [0.29, 0.717) is 6.54 Å². The van der Waals surface area contributed by atoms with Gasteiger partial charge in [-0.1, -0.05) is 24.3 Å². The number of carbonyl (C=O) groups is 1. The number of amides is 1. The third-order valence-corrected chi connectivity index (χ3v) is 3.89. The standard InChI is InChI=1S/C17H27N3O2/c1-14(2)18-17(22)12-20-9-7-19(8-10-20)11-15-3-5-16(13-21)6-4-15/h3-6,14,21H,7-13H2,1-2H3,(H,18,22). The first kappa shape index (κ1) is 16.9. The molecule has 2 rings (SSSR count). The smallest absolute Gasteiger partial charge is 0.234 e. The highest BCUT2D eigenvalue weighted by Gasteiger charge is 2.19. The van der Waals surface area contributed by atoms with E-state index in [1.165, 1.54) is 5.56 Å². The van der Waals surface area contributed by atoms with Crippen LogP contribution in [0.1, 0.15) is 25.0 Å². The molecular formula is C17H27N3O2. The van der Waals surface area contributed by atoms with E-state index in [-0.39, 0.29) is 18.6 Å². The topological polar surface area (TPSA) is 55.8 Å². The molecule has 1 aliphatic rings. The largest absolute Gasteiger partial charge is 0.392 e. The van der Waals surface area contributed by atoms with Gasteiger partial charge in [0.1, 0.15) is 0 Å². The number of nitrogens with one attached hydrogen (secondary N) is 1. The average Bonchev–Trinajstić information content (AvgIpc) is 2.49. The molecule has 5 nitrogen and oxygen atoms in total. The quantitative estimate of drug-likeness (QED) is 0.817. The highest BCUT2D eigenvalue weighted by atomic mass is 16.3. The van der Waals surface area contributed by atoms with Crippen LogP contribution in [0.4, 0.5) is 0 Å². The predicted octanol–water partition coefficient (Wildman–Crippen LogP) is 0.821. The van der Waals surface area contributed by atoms with E-state index < -0.39 is 0 Å². The molecule has 0 radical (unpaired) electrons. The molecule has 1 aliphatic heterocycles. The summed E-state index contributed by atoms with van der Waals surface area (Å²) in [7, 11) is 0. The van der Waals surface area contributed by atoms with Gasteiger partial charge in [0.05, 0.1) is 13.2 Å². The molecular weight excluding hydrogens is 278 g/mol. The van der Waals surface area contributed by atoms with Gasteiger partial charge in [-0.2, -0.15) is 0 Å². The van der Waals surface area contributed by atoms with Crippen LogP contribution in [-0.4, -0.2) is 59.6 Å². The van der Waals surface area contributed by atoms with Crippen LogP contribution in [-0.2, 0) is 17.9 Å². The Morgan fingerprint density at radius 2 is 1.64 bits per heavy atom. The summed E-state index contributed by atoms with van der Waals surface area (Å²) in [4.78, 5) is 16.4. The number of carbonyl (C=O) groups excluding carboxylic acids is 1. The molecule has 1 heterocycles. The van der Waals surface area contributed by atoms with Gasteiger partial charge in [-0.05, 0) is 25.0 Å². The average molecular weight is 305 g/mol. The number of aliphatic hydroxyl groups excluding tert-OH is 1. The Kier molecular flexibility index (Phi) is 6.36. The molecule has 0 unspecified atom stereocenters. The van der Waals surface area contributed by atoms with Gasteiger partial charge in [-0.25, -0.2) is 0 Å². The third-order valence-electron chi connectivity index (χ3n) is 3.89. The van der Waals surface area contributed by atoms with Crippen molar-refractivity contribution in [1.29, 1.82) is 0 Å². The van der Waals surface area contributed by atoms with E-state index in [1.807, 2.05) is 26.0 Å². The molecule has 1 aromatic rings. The van der Waals surface area contributed by atoms with Crippen LogP contribution in [0.3, 0.4) is 0 Å². The highest BCUT2D eigenvalue weighted by Crippen LogP contribution is 2.10. The number of hydrogen-bond donors (Lipinski definition) is 2. The monoisotopic (exact) mass is 305 g/mol. The molecule has 1 aromatic carbocycles. The molecule has 1 amide bonds. The van der Waals surface area contributed by atoms with E-state index in [1.54, 1.807) is 0 Å². The minimum Gasteiger partial charge on any atom is -0.392 e. The number of nitrogens with zero attached hydrogens (tertiary/aromatic N) is 2. The van der Waals surface area contributed by atoms with E-state index >= 15 is 0 Å². The Morgan fingerprint density at radius 3 is 2.18 bits per heavy atom. The van der Waals surface area contributed by atoms with Crippen LogP contribution in [0.5, 0.6) is 0 Å². The molecule has 122 valence electrons. The molecule has 0 aromatic heterocycles. The first-order chi connectivity index (χ1) is 10.6. The molecule has 0 aliphatic carbocycles. The summed E-state index contributed by atoms with van der Waals surface area (Å²) in [6, 6.07) is 8.31. The van der Waals surface area contributed by atoms with E-state index in [4.69, 9.17) is 5.11 Å². The van der Waals surface area contributed by atoms with Crippen molar-refractivity contribution < 1.29 is 9.90 Å². The number of rotatable bonds is 6. The van der Waals surface area contributed by atoms with E-state index in [0.717, 1.165) is 38.3 Å². The summed E-state index contributed by atoms with van der Waals surface area (Å²) in [6.45, 7) is 9.32. The second-order valence-corrected chi connectivity index (χ2v) is 6.25. The Bertz CT molecular complexity index is 465. The lowest BCUT2D eigenvalue weighted by molar-refractivity contribution is -0.123. The molecule has 0 bridgehead atoms. The zero-order chi connectivity index (χ0) is 15.9. The van der Waals surface area contributed by atoms with E-state index in [9.17, 15) is 4.79 Å². The molecule has 1 fully saturated rings. The normalized spacial score (nSPS) is 16.9. The van der Waals surface area contributed by atoms with Crippen molar-refractivity contribution in [3.05, 3.63) is 35.4 Å². The summed E-state index contributed by atoms with van der Waals surface area (Å²) in [5.41, 5.74) is 2.22. The van der Waals surface area contributed by atoms with Crippen LogP contribution < -0.4 is 5.32 Å². The molecule has 2 N–H and O–H groups in total. The summed E-state index contributed by atoms with van der Waals surface area (Å²) in [5.74, 6) is 0.114. The van der Waals surface area contributed by atoms with Crippen molar-refractivity contribution in [3.63, 3.8) is 0 Å². The van der Waals surface area contributed by atoms with Crippen LogP contribution in [0.25, 0.3) is 0 Å². The zero-order valence-electron chi connectivity index (χ0n) is 13.6. The Labute approximate surface area is 132 Å². The first-order valence-electron chi connectivity index (χ1n) is 7.99. The number of piperazine rings is 1. The Hall–Kier alpha value is -1.43. The summed E-state index contributed by atoms with van der Waals surface area (Å²) in [6.07, 6.45) is 0. The second-order valence-electron chi connectivity index (χ2n) is 6.25. The SMILES string of the molecule is CC(C)NC(=O)CN1CCN(Cc2ccc(CO)cc2)CC1. The van der Waals surface area contributed by atoms with Crippen LogP contribution in [0, 0.1) is 0 Å². The lowest BCUT2D eigenvalue weighted by Crippen LogP contribution is -2.49. The fourth-order valence-corrected chi connectivity index (χ4v) is 2.68. The molecule has 1 saturated heterocycles. The predicted molar refractivity (Wildman–Crippen MR) is 87.4 cm³/mol. The lowest BCUT2D eigenvalue weighted by atomic mass is 10.1. The van der Waals surface area contributed by atoms with Gasteiger partial charge in [-0.3, -0.25) is 14.6 Å². The molecule has 5 heteroatoms. The van der Waals surface area contributed by atoms with Crippen LogP contribution >= 0.6 is 0 Å². The summed E-state index contributed by atoms with van der Waals surface area (Å²) in [5, 5.41) is 12.0. The maximum absolute atomic E-state index is 11.8. The van der Waals surface area contributed by atoms with Gasteiger partial charge in [0.2, 0.25) is 5.91 Å². The van der Waals surface area contributed by atoms with Gasteiger partial charge in [0.15, 0.2) is 0 Å². The second kappa shape index (κ2) is 8.27.